The van der Waals surface area contributed by atoms with Gasteiger partial charge in [-0.2, -0.15) is 0 Å². The van der Waals surface area contributed by atoms with Gasteiger partial charge in [-0.25, -0.2) is 0 Å². The van der Waals surface area contributed by atoms with Gasteiger partial charge in [-0.05, 0) is 17.4 Å². The average Bonchev–Trinajstić information content (AvgIpc) is 2.93. The van der Waals surface area contributed by atoms with Crippen molar-refractivity contribution < 1.29 is 0 Å². The van der Waals surface area contributed by atoms with E-state index in [4.69, 9.17) is 0 Å². The molecule has 0 bridgehead atoms. The molecule has 0 aromatic carbocycles. The number of hydrogen-bond acceptors (Lipinski definition) is 0. The van der Waals surface area contributed by atoms with E-state index in [1.807, 2.05) is 0 Å². The first-order valence-electron chi connectivity index (χ1n) is 7.93. The topological polar surface area (TPSA) is 15.8 Å². The second-order valence-electron chi connectivity index (χ2n) is 5.67. The minimum absolute atomic E-state index is 1.24. The summed E-state index contributed by atoms with van der Waals surface area (Å²) in [6, 6.07) is 9.03. The third-order valence-corrected chi connectivity index (χ3v) is 9.58. The summed E-state index contributed by atoms with van der Waals surface area (Å²) >= 11 is 0. The van der Waals surface area contributed by atoms with Gasteiger partial charge in [-0.15, -0.1) is 0 Å². The van der Waals surface area contributed by atoms with Crippen molar-refractivity contribution in [2.45, 2.75) is 77.4 Å². The number of nitrogens with one attached hydrogen (secondary N) is 1. The van der Waals surface area contributed by atoms with Crippen molar-refractivity contribution in [1.82, 2.24) is 4.98 Å². The van der Waals surface area contributed by atoms with E-state index in [0.717, 1.165) is 0 Å². The molecule has 0 saturated carbocycles. The fourth-order valence-corrected chi connectivity index (χ4v) is 8.47. The monoisotopic (exact) mass is 265 g/mol. The Bertz CT molecular complexity index is 270. The van der Waals surface area contributed by atoms with Crippen LogP contribution in [0.3, 0.4) is 0 Å². The molecule has 0 amide bonds. The highest BCUT2D eigenvalue weighted by Crippen LogP contribution is 2.27. The summed E-state index contributed by atoms with van der Waals surface area (Å²) in [5, 5.41) is 1.62. The van der Waals surface area contributed by atoms with Crippen LogP contribution >= 0.6 is 0 Å². The number of hydrogen-bond donors (Lipinski definition) is 1. The molecule has 1 rings (SSSR count). The van der Waals surface area contributed by atoms with Crippen LogP contribution in [-0.4, -0.2) is 13.1 Å². The van der Waals surface area contributed by atoms with Gasteiger partial charge in [0.1, 0.15) is 8.07 Å². The highest BCUT2D eigenvalue weighted by atomic mass is 28.3. The molecule has 1 heterocycles. The summed E-state index contributed by atoms with van der Waals surface area (Å²) in [7, 11) is -1.24. The SMILES string of the molecule is CCCC[Si](CCCC)(CCCC)c1ccc[nH]1. The molecular weight excluding hydrogens is 234 g/mol. The number of rotatable bonds is 10. The Morgan fingerprint density at radius 2 is 1.39 bits per heavy atom. The first-order chi connectivity index (χ1) is 8.79. The molecule has 0 atom stereocenters. The molecule has 0 aliphatic rings. The lowest BCUT2D eigenvalue weighted by Gasteiger charge is -2.31. The molecule has 1 aromatic rings. The molecule has 0 saturated heterocycles. The van der Waals surface area contributed by atoms with E-state index in [-0.39, 0.29) is 0 Å². The van der Waals surface area contributed by atoms with Crippen LogP contribution in [-0.2, 0) is 0 Å². The van der Waals surface area contributed by atoms with Crippen LogP contribution in [0.1, 0.15) is 59.3 Å². The molecule has 0 aliphatic heterocycles. The molecule has 18 heavy (non-hydrogen) atoms. The largest absolute Gasteiger partial charge is 0.369 e. The van der Waals surface area contributed by atoms with Crippen LogP contribution < -0.4 is 5.32 Å². The van der Waals surface area contributed by atoms with E-state index < -0.39 is 8.07 Å². The zero-order valence-corrected chi connectivity index (χ0v) is 13.6. The minimum Gasteiger partial charge on any atom is -0.369 e. The molecule has 0 fully saturated rings. The summed E-state index contributed by atoms with van der Waals surface area (Å²) in [4.78, 5) is 3.57. The third-order valence-electron chi connectivity index (χ3n) is 4.20. The van der Waals surface area contributed by atoms with E-state index in [0.29, 0.717) is 0 Å². The molecule has 0 aliphatic carbocycles. The maximum atomic E-state index is 3.57. The van der Waals surface area contributed by atoms with E-state index in [9.17, 15) is 0 Å². The van der Waals surface area contributed by atoms with Crippen molar-refractivity contribution in [3.8, 4) is 0 Å². The van der Waals surface area contributed by atoms with Gasteiger partial charge in [0.15, 0.2) is 0 Å². The van der Waals surface area contributed by atoms with E-state index in [2.05, 4.69) is 44.1 Å². The summed E-state index contributed by atoms with van der Waals surface area (Å²) in [6.45, 7) is 6.98. The molecule has 2 heteroatoms. The van der Waals surface area contributed by atoms with Gasteiger partial charge in [0.05, 0.1) is 0 Å². The number of aromatic amines is 1. The number of aromatic nitrogens is 1. The van der Waals surface area contributed by atoms with E-state index in [1.165, 1.54) is 56.7 Å². The van der Waals surface area contributed by atoms with Gasteiger partial charge in [-0.3, -0.25) is 0 Å². The number of unbranched alkanes of at least 4 members (excludes halogenated alkanes) is 3. The molecule has 1 aromatic heterocycles. The Morgan fingerprint density at radius 3 is 1.72 bits per heavy atom. The van der Waals surface area contributed by atoms with Gasteiger partial charge in [0.2, 0.25) is 0 Å². The van der Waals surface area contributed by atoms with Crippen molar-refractivity contribution in [2.75, 3.05) is 0 Å². The predicted molar refractivity (Wildman–Crippen MR) is 85.3 cm³/mol. The van der Waals surface area contributed by atoms with Crippen LogP contribution in [0.5, 0.6) is 0 Å². The maximum absolute atomic E-state index is 3.57. The van der Waals surface area contributed by atoms with Gasteiger partial charge in [-0.1, -0.05) is 77.4 Å². The maximum Gasteiger partial charge on any atom is 0.107 e. The lowest BCUT2D eigenvalue weighted by Crippen LogP contribution is -2.48. The molecule has 0 radical (unpaired) electrons. The summed E-state index contributed by atoms with van der Waals surface area (Å²) in [6.07, 6.45) is 10.4. The first kappa shape index (κ1) is 15.6. The Hall–Kier alpha value is -0.503. The number of H-pyrrole nitrogens is 1. The Labute approximate surface area is 114 Å². The lowest BCUT2D eigenvalue weighted by atomic mass is 10.4. The van der Waals surface area contributed by atoms with Gasteiger partial charge in [0.25, 0.3) is 0 Å². The fourth-order valence-electron chi connectivity index (χ4n) is 2.98. The molecular formula is C16H31NSi. The average molecular weight is 266 g/mol. The van der Waals surface area contributed by atoms with Crippen molar-refractivity contribution in [3.05, 3.63) is 18.3 Å². The minimum atomic E-state index is -1.24. The Morgan fingerprint density at radius 1 is 0.889 bits per heavy atom. The fraction of sp³-hybridized carbons (Fsp3) is 0.750. The first-order valence-corrected chi connectivity index (χ1v) is 10.5. The third kappa shape index (κ3) is 4.31. The normalized spacial score (nSPS) is 11.9. The second-order valence-corrected chi connectivity index (χ2v) is 10.3. The predicted octanol–water partition coefficient (Wildman–Crippen LogP) is 5.07. The van der Waals surface area contributed by atoms with Gasteiger partial charge in [0, 0.05) is 6.20 Å². The van der Waals surface area contributed by atoms with Crippen LogP contribution in [0.25, 0.3) is 0 Å². The summed E-state index contributed by atoms with van der Waals surface area (Å²) in [5.74, 6) is 0. The van der Waals surface area contributed by atoms with E-state index >= 15 is 0 Å². The zero-order valence-electron chi connectivity index (χ0n) is 12.6. The van der Waals surface area contributed by atoms with Gasteiger partial charge >= 0.3 is 0 Å². The van der Waals surface area contributed by atoms with Crippen molar-refractivity contribution in [2.24, 2.45) is 0 Å². The van der Waals surface area contributed by atoms with Gasteiger partial charge < -0.3 is 4.98 Å². The molecule has 0 unspecified atom stereocenters. The second kappa shape index (κ2) is 8.57. The highest BCUT2D eigenvalue weighted by Gasteiger charge is 2.33. The summed E-state index contributed by atoms with van der Waals surface area (Å²) in [5.41, 5.74) is 0. The van der Waals surface area contributed by atoms with Crippen molar-refractivity contribution >= 4 is 13.4 Å². The highest BCUT2D eigenvalue weighted by molar-refractivity contribution is 6.91. The van der Waals surface area contributed by atoms with Crippen LogP contribution in [0.4, 0.5) is 0 Å². The summed E-state index contributed by atoms with van der Waals surface area (Å²) < 4.78 is 0. The Balaban J connectivity index is 2.84. The molecule has 104 valence electrons. The molecule has 1 nitrogen and oxygen atoms in total. The molecule has 0 spiro atoms. The van der Waals surface area contributed by atoms with Crippen LogP contribution in [0, 0.1) is 0 Å². The van der Waals surface area contributed by atoms with Crippen molar-refractivity contribution in [3.63, 3.8) is 0 Å². The van der Waals surface area contributed by atoms with Crippen LogP contribution in [0.2, 0.25) is 18.1 Å². The molecule has 1 N–H and O–H groups in total. The standard InChI is InChI=1S/C16H31NSi/c1-4-7-13-18(14-8-5-2,15-9-6-3)16-11-10-12-17-16/h10-12,17H,4-9,13-15H2,1-3H3. The Kier molecular flexibility index (Phi) is 7.41. The smallest absolute Gasteiger partial charge is 0.107 e. The van der Waals surface area contributed by atoms with E-state index in [1.54, 1.807) is 5.32 Å². The van der Waals surface area contributed by atoms with Crippen molar-refractivity contribution in [1.29, 1.82) is 0 Å². The van der Waals surface area contributed by atoms with Crippen LogP contribution in [0.15, 0.2) is 18.3 Å². The quantitative estimate of drug-likeness (QED) is 0.568. The zero-order chi connectivity index (χ0) is 13.3. The lowest BCUT2D eigenvalue weighted by molar-refractivity contribution is 0.799.